The fourth-order valence-corrected chi connectivity index (χ4v) is 4.63. The number of halogens is 1. The van der Waals surface area contributed by atoms with Crippen LogP contribution in [-0.4, -0.2) is 41.0 Å². The molecule has 0 radical (unpaired) electrons. The summed E-state index contributed by atoms with van der Waals surface area (Å²) in [5.74, 6) is 0.295. The molecule has 3 N–H and O–H groups in total. The van der Waals surface area contributed by atoms with E-state index < -0.39 is 0 Å². The average Bonchev–Trinajstić information content (AvgIpc) is 3.61. The Balaban J connectivity index is 1.41. The van der Waals surface area contributed by atoms with Gasteiger partial charge in [0.05, 0.1) is 17.3 Å². The van der Waals surface area contributed by atoms with Gasteiger partial charge in [0.1, 0.15) is 11.2 Å². The van der Waals surface area contributed by atoms with E-state index in [9.17, 15) is 9.18 Å². The second-order valence-electron chi connectivity index (χ2n) is 8.54. The highest BCUT2D eigenvalue weighted by atomic mass is 32.1. The third-order valence-electron chi connectivity index (χ3n) is 5.73. The number of hydrogen-bond acceptors (Lipinski definition) is 7. The Morgan fingerprint density at radius 1 is 1.06 bits per heavy atom. The Morgan fingerprint density at radius 3 is 2.72 bits per heavy atom. The smallest absolute Gasteiger partial charge is 0.226 e. The molecule has 0 aliphatic carbocycles. The second kappa shape index (κ2) is 8.61. The summed E-state index contributed by atoms with van der Waals surface area (Å²) >= 11 is 1.06. The molecule has 6 aromatic rings. The molecule has 9 nitrogen and oxygen atoms in total. The normalized spacial score (nSPS) is 11.6. The molecule has 178 valence electrons. The van der Waals surface area contributed by atoms with Crippen molar-refractivity contribution in [3.8, 4) is 33.1 Å². The molecule has 6 heterocycles. The van der Waals surface area contributed by atoms with Crippen LogP contribution in [0.4, 0.5) is 10.1 Å². The van der Waals surface area contributed by atoms with Crippen molar-refractivity contribution >= 4 is 45.1 Å². The number of fused-ring (bicyclic) bond motifs is 2. The van der Waals surface area contributed by atoms with Gasteiger partial charge in [0, 0.05) is 46.1 Å². The number of carbonyl (C=O) groups is 1. The van der Waals surface area contributed by atoms with Gasteiger partial charge >= 0.3 is 0 Å². The zero-order chi connectivity index (χ0) is 24.8. The second-order valence-corrected chi connectivity index (χ2v) is 9.58. The summed E-state index contributed by atoms with van der Waals surface area (Å²) < 4.78 is 13.6. The molecule has 6 aromatic heterocycles. The van der Waals surface area contributed by atoms with Crippen LogP contribution in [0.15, 0.2) is 55.1 Å². The standard InChI is InChI=1S/C25H19FN8OS/c1-12(2)25(35)30-15-7-13(9-27-11-15)14-8-17-21(33-34-22(17)29-10-14)24-31-20-16(5-6-28-23(20)32-24)18-3-4-19(26)36-18/h3-12H,1-2H3,(H,30,35)(H,28,31,32)(H,29,33,34). The summed E-state index contributed by atoms with van der Waals surface area (Å²) in [4.78, 5) is 34.0. The molecule has 0 unspecified atom stereocenters. The topological polar surface area (TPSA) is 125 Å². The largest absolute Gasteiger partial charge is 0.324 e. The molecular weight excluding hydrogens is 479 g/mol. The van der Waals surface area contributed by atoms with Crippen molar-refractivity contribution < 1.29 is 9.18 Å². The Labute approximate surface area is 207 Å². The van der Waals surface area contributed by atoms with Crippen LogP contribution in [0, 0.1) is 11.0 Å². The van der Waals surface area contributed by atoms with Gasteiger partial charge < -0.3 is 10.3 Å². The summed E-state index contributed by atoms with van der Waals surface area (Å²) in [5.41, 5.74) is 5.40. The molecule has 0 bridgehead atoms. The van der Waals surface area contributed by atoms with E-state index in [0.29, 0.717) is 34.0 Å². The third-order valence-corrected chi connectivity index (χ3v) is 6.63. The predicted molar refractivity (Wildman–Crippen MR) is 137 cm³/mol. The first-order valence-corrected chi connectivity index (χ1v) is 12.0. The van der Waals surface area contributed by atoms with Crippen molar-refractivity contribution in [1.82, 2.24) is 35.1 Å². The van der Waals surface area contributed by atoms with Gasteiger partial charge in [-0.25, -0.2) is 15.0 Å². The van der Waals surface area contributed by atoms with E-state index >= 15 is 0 Å². The number of aromatic nitrogens is 7. The number of nitrogens with one attached hydrogen (secondary N) is 3. The van der Waals surface area contributed by atoms with Crippen LogP contribution < -0.4 is 5.32 Å². The fourth-order valence-electron chi connectivity index (χ4n) is 3.88. The van der Waals surface area contributed by atoms with Gasteiger partial charge in [-0.15, -0.1) is 11.3 Å². The van der Waals surface area contributed by atoms with E-state index in [4.69, 9.17) is 4.98 Å². The minimum absolute atomic E-state index is 0.0807. The maximum absolute atomic E-state index is 13.6. The minimum Gasteiger partial charge on any atom is -0.324 e. The lowest BCUT2D eigenvalue weighted by Crippen LogP contribution is -2.17. The van der Waals surface area contributed by atoms with Crippen LogP contribution in [0.1, 0.15) is 13.8 Å². The average molecular weight is 499 g/mol. The zero-order valence-corrected chi connectivity index (χ0v) is 20.0. The Kier molecular flexibility index (Phi) is 5.26. The molecule has 1 amide bonds. The van der Waals surface area contributed by atoms with Gasteiger partial charge in [-0.05, 0) is 30.3 Å². The molecule has 11 heteroatoms. The highest BCUT2D eigenvalue weighted by Gasteiger charge is 2.18. The van der Waals surface area contributed by atoms with E-state index in [1.165, 1.54) is 6.07 Å². The molecule has 0 aliphatic heterocycles. The molecule has 0 spiro atoms. The van der Waals surface area contributed by atoms with E-state index in [0.717, 1.165) is 38.3 Å². The summed E-state index contributed by atoms with van der Waals surface area (Å²) in [5, 5.41) is 10.8. The highest BCUT2D eigenvalue weighted by molar-refractivity contribution is 7.14. The molecule has 0 aromatic carbocycles. The van der Waals surface area contributed by atoms with Gasteiger partial charge in [0.15, 0.2) is 22.2 Å². The van der Waals surface area contributed by atoms with Crippen molar-refractivity contribution in [2.45, 2.75) is 13.8 Å². The van der Waals surface area contributed by atoms with Crippen molar-refractivity contribution in [2.75, 3.05) is 5.32 Å². The minimum atomic E-state index is -0.259. The van der Waals surface area contributed by atoms with Crippen molar-refractivity contribution in [2.24, 2.45) is 5.92 Å². The van der Waals surface area contributed by atoms with E-state index in [2.05, 4.69) is 35.5 Å². The van der Waals surface area contributed by atoms with Crippen LogP contribution in [0.3, 0.4) is 0 Å². The molecule has 0 atom stereocenters. The van der Waals surface area contributed by atoms with Crippen molar-refractivity contribution in [3.63, 3.8) is 0 Å². The molecule has 0 saturated heterocycles. The summed E-state index contributed by atoms with van der Waals surface area (Å²) in [6.07, 6.45) is 6.71. The lowest BCUT2D eigenvalue weighted by atomic mass is 10.1. The van der Waals surface area contributed by atoms with Crippen LogP contribution in [0.25, 0.3) is 55.3 Å². The number of aromatic amines is 2. The maximum atomic E-state index is 13.6. The zero-order valence-electron chi connectivity index (χ0n) is 19.2. The number of nitrogens with zero attached hydrogens (tertiary/aromatic N) is 5. The first-order valence-electron chi connectivity index (χ1n) is 11.2. The number of pyridine rings is 3. The van der Waals surface area contributed by atoms with Crippen LogP contribution in [-0.2, 0) is 4.79 Å². The lowest BCUT2D eigenvalue weighted by molar-refractivity contribution is -0.118. The van der Waals surface area contributed by atoms with Crippen molar-refractivity contribution in [1.29, 1.82) is 0 Å². The van der Waals surface area contributed by atoms with E-state index in [1.807, 2.05) is 32.0 Å². The van der Waals surface area contributed by atoms with E-state index in [-0.39, 0.29) is 17.0 Å². The molecule has 0 fully saturated rings. The van der Waals surface area contributed by atoms with Crippen LogP contribution >= 0.6 is 11.3 Å². The SMILES string of the molecule is CC(C)C(=O)Nc1cncc(-c2cnc3[nH]nc(-c4nc5c(-c6ccc(F)s6)ccnc5[nH]4)c3c2)c1. The number of thiophene rings is 1. The van der Waals surface area contributed by atoms with E-state index in [1.54, 1.807) is 30.9 Å². The van der Waals surface area contributed by atoms with Gasteiger partial charge in [0.2, 0.25) is 5.91 Å². The van der Waals surface area contributed by atoms with Gasteiger partial charge in [-0.3, -0.25) is 14.9 Å². The Morgan fingerprint density at radius 2 is 1.92 bits per heavy atom. The molecule has 0 aliphatic rings. The molecule has 0 saturated carbocycles. The Hall–Kier alpha value is -4.51. The van der Waals surface area contributed by atoms with Gasteiger partial charge in [0.25, 0.3) is 0 Å². The number of amides is 1. The summed E-state index contributed by atoms with van der Waals surface area (Å²) in [6, 6.07) is 8.79. The molecular formula is C25H19FN8OS. The number of H-pyrrole nitrogens is 2. The highest BCUT2D eigenvalue weighted by Crippen LogP contribution is 2.34. The number of rotatable bonds is 5. The lowest BCUT2D eigenvalue weighted by Gasteiger charge is -2.09. The number of carbonyl (C=O) groups excluding carboxylic acids is 1. The maximum Gasteiger partial charge on any atom is 0.226 e. The Bertz CT molecular complexity index is 1750. The monoisotopic (exact) mass is 498 g/mol. The quantitative estimate of drug-likeness (QED) is 0.291. The first-order chi connectivity index (χ1) is 17.5. The third kappa shape index (κ3) is 3.89. The number of anilines is 1. The predicted octanol–water partition coefficient (Wildman–Crippen LogP) is 5.42. The number of hydrogen-bond donors (Lipinski definition) is 3. The first kappa shape index (κ1) is 22.0. The van der Waals surface area contributed by atoms with Gasteiger partial charge in [-0.2, -0.15) is 9.49 Å². The fraction of sp³-hybridized carbons (Fsp3) is 0.120. The van der Waals surface area contributed by atoms with Crippen LogP contribution in [0.2, 0.25) is 0 Å². The summed E-state index contributed by atoms with van der Waals surface area (Å²) in [7, 11) is 0. The molecule has 36 heavy (non-hydrogen) atoms. The molecule has 6 rings (SSSR count). The van der Waals surface area contributed by atoms with Gasteiger partial charge in [-0.1, -0.05) is 13.8 Å². The van der Waals surface area contributed by atoms with Crippen molar-refractivity contribution in [3.05, 3.63) is 60.3 Å². The number of imidazole rings is 1. The van der Waals surface area contributed by atoms with Crippen LogP contribution in [0.5, 0.6) is 0 Å². The summed E-state index contributed by atoms with van der Waals surface area (Å²) in [6.45, 7) is 3.67.